The van der Waals surface area contributed by atoms with E-state index in [9.17, 15) is 0 Å². The van der Waals surface area contributed by atoms with Crippen molar-refractivity contribution in [2.75, 3.05) is 13.1 Å². The summed E-state index contributed by atoms with van der Waals surface area (Å²) in [5.74, 6) is 0.695. The first-order valence-corrected chi connectivity index (χ1v) is 7.79. The lowest BCUT2D eigenvalue weighted by atomic mass is 9.63. The highest BCUT2D eigenvalue weighted by molar-refractivity contribution is 5.02. The smallest absolute Gasteiger partial charge is 0.0360 e. The van der Waals surface area contributed by atoms with Crippen LogP contribution in [0.4, 0.5) is 0 Å². The molecule has 0 bridgehead atoms. The summed E-state index contributed by atoms with van der Waals surface area (Å²) in [4.78, 5) is 2.69. The maximum Gasteiger partial charge on any atom is 0.0360 e. The summed E-state index contributed by atoms with van der Waals surface area (Å²) in [6.07, 6.45) is 5.08. The molecule has 1 fully saturated rings. The lowest BCUT2D eigenvalue weighted by molar-refractivity contribution is -0.0408. The Bertz CT molecular complexity index is 262. The number of rotatable bonds is 5. The van der Waals surface area contributed by atoms with Gasteiger partial charge >= 0.3 is 0 Å². The van der Waals surface area contributed by atoms with Crippen LogP contribution < -0.4 is 5.73 Å². The fraction of sp³-hybridized carbons (Fsp3) is 1.00. The minimum Gasteiger partial charge on any atom is -0.329 e. The number of likely N-dealkylation sites (N-methyl/N-ethyl adjacent to an activating group) is 1. The van der Waals surface area contributed by atoms with Crippen LogP contribution >= 0.6 is 0 Å². The minimum absolute atomic E-state index is 0.236. The van der Waals surface area contributed by atoms with Crippen LogP contribution in [0.3, 0.4) is 0 Å². The zero-order valence-electron chi connectivity index (χ0n) is 13.4. The van der Waals surface area contributed by atoms with Crippen molar-refractivity contribution < 1.29 is 0 Å². The normalized spacial score (nSPS) is 33.7. The van der Waals surface area contributed by atoms with Crippen LogP contribution in [-0.4, -0.2) is 29.6 Å². The molecule has 0 aromatic heterocycles. The Morgan fingerprint density at radius 2 is 1.89 bits per heavy atom. The molecule has 108 valence electrons. The quantitative estimate of drug-likeness (QED) is 0.811. The highest BCUT2D eigenvalue weighted by Gasteiger charge is 2.47. The van der Waals surface area contributed by atoms with Crippen LogP contribution in [0.25, 0.3) is 0 Å². The summed E-state index contributed by atoms with van der Waals surface area (Å²) >= 11 is 0. The topological polar surface area (TPSA) is 29.3 Å². The minimum atomic E-state index is 0.236. The molecule has 1 rings (SSSR count). The number of nitrogens with zero attached hydrogens (tertiary/aromatic N) is 1. The van der Waals surface area contributed by atoms with Gasteiger partial charge in [0.15, 0.2) is 0 Å². The molecular weight excluding hydrogens is 220 g/mol. The maximum atomic E-state index is 6.24. The van der Waals surface area contributed by atoms with Crippen molar-refractivity contribution in [1.29, 1.82) is 0 Å². The van der Waals surface area contributed by atoms with Crippen molar-refractivity contribution in [2.24, 2.45) is 17.1 Å². The van der Waals surface area contributed by atoms with Crippen molar-refractivity contribution in [3.05, 3.63) is 0 Å². The molecule has 0 aliphatic heterocycles. The largest absolute Gasteiger partial charge is 0.329 e. The first kappa shape index (κ1) is 16.0. The summed E-state index contributed by atoms with van der Waals surface area (Å²) in [7, 11) is 0. The summed E-state index contributed by atoms with van der Waals surface area (Å²) in [6.45, 7) is 16.1. The summed E-state index contributed by atoms with van der Waals surface area (Å²) < 4.78 is 0. The summed E-state index contributed by atoms with van der Waals surface area (Å²) in [5, 5.41) is 0. The summed E-state index contributed by atoms with van der Waals surface area (Å²) in [5.41, 5.74) is 6.97. The molecule has 0 aromatic rings. The van der Waals surface area contributed by atoms with Gasteiger partial charge in [-0.3, -0.25) is 4.90 Å². The van der Waals surface area contributed by atoms with E-state index in [0.29, 0.717) is 17.4 Å². The second kappa shape index (κ2) is 5.92. The second-order valence-corrected chi connectivity index (χ2v) is 7.12. The molecule has 0 spiro atoms. The van der Waals surface area contributed by atoms with Gasteiger partial charge in [-0.2, -0.15) is 0 Å². The highest BCUT2D eigenvalue weighted by Crippen LogP contribution is 2.46. The Morgan fingerprint density at radius 3 is 2.28 bits per heavy atom. The van der Waals surface area contributed by atoms with Crippen LogP contribution in [0.2, 0.25) is 0 Å². The van der Waals surface area contributed by atoms with Gasteiger partial charge in [-0.05, 0) is 50.5 Å². The first-order chi connectivity index (χ1) is 8.33. The van der Waals surface area contributed by atoms with Gasteiger partial charge in [0.2, 0.25) is 0 Å². The van der Waals surface area contributed by atoms with E-state index in [4.69, 9.17) is 5.73 Å². The van der Waals surface area contributed by atoms with Crippen molar-refractivity contribution in [1.82, 2.24) is 4.90 Å². The number of hydrogen-bond donors (Lipinski definition) is 1. The second-order valence-electron chi connectivity index (χ2n) is 7.12. The van der Waals surface area contributed by atoms with Crippen LogP contribution in [0.1, 0.15) is 67.2 Å². The molecule has 0 aromatic carbocycles. The molecule has 3 unspecified atom stereocenters. The molecule has 3 atom stereocenters. The Morgan fingerprint density at radius 1 is 1.28 bits per heavy atom. The van der Waals surface area contributed by atoms with Gasteiger partial charge in [0.05, 0.1) is 0 Å². The van der Waals surface area contributed by atoms with E-state index < -0.39 is 0 Å². The van der Waals surface area contributed by atoms with Crippen LogP contribution in [-0.2, 0) is 0 Å². The van der Waals surface area contributed by atoms with Gasteiger partial charge in [0.25, 0.3) is 0 Å². The van der Waals surface area contributed by atoms with E-state index in [-0.39, 0.29) is 5.54 Å². The molecule has 1 aliphatic carbocycles. The van der Waals surface area contributed by atoms with Gasteiger partial charge in [-0.1, -0.05) is 34.6 Å². The highest BCUT2D eigenvalue weighted by atomic mass is 15.2. The standard InChI is InChI=1S/C16H34N2/c1-7-14(4)18(8-2)16(12-17)10-9-15(5,6)11-13(16)3/h13-14H,7-12,17H2,1-6H3. The molecule has 2 heteroatoms. The fourth-order valence-corrected chi connectivity index (χ4v) is 4.06. The van der Waals surface area contributed by atoms with E-state index in [2.05, 4.69) is 46.4 Å². The van der Waals surface area contributed by atoms with E-state index in [1.807, 2.05) is 0 Å². The fourth-order valence-electron chi connectivity index (χ4n) is 4.06. The third kappa shape index (κ3) is 2.91. The Hall–Kier alpha value is -0.0800. The lowest BCUT2D eigenvalue weighted by Crippen LogP contribution is -2.63. The third-order valence-electron chi connectivity index (χ3n) is 5.40. The molecule has 2 N–H and O–H groups in total. The number of nitrogens with two attached hydrogens (primary N) is 1. The molecule has 0 radical (unpaired) electrons. The predicted octanol–water partition coefficient (Wildman–Crippen LogP) is 3.65. The van der Waals surface area contributed by atoms with Crippen molar-refractivity contribution >= 4 is 0 Å². The third-order valence-corrected chi connectivity index (χ3v) is 5.40. The maximum absolute atomic E-state index is 6.24. The zero-order chi connectivity index (χ0) is 14.0. The zero-order valence-corrected chi connectivity index (χ0v) is 13.4. The van der Waals surface area contributed by atoms with E-state index >= 15 is 0 Å². The molecule has 18 heavy (non-hydrogen) atoms. The lowest BCUT2D eigenvalue weighted by Gasteiger charge is -2.55. The van der Waals surface area contributed by atoms with Gasteiger partial charge < -0.3 is 5.73 Å². The van der Waals surface area contributed by atoms with E-state index in [1.54, 1.807) is 0 Å². The molecule has 1 aliphatic rings. The Kier molecular flexibility index (Phi) is 5.25. The van der Waals surface area contributed by atoms with Gasteiger partial charge in [-0.15, -0.1) is 0 Å². The first-order valence-electron chi connectivity index (χ1n) is 7.79. The molecule has 0 saturated heterocycles. The molecule has 2 nitrogen and oxygen atoms in total. The van der Waals surface area contributed by atoms with Gasteiger partial charge in [-0.25, -0.2) is 0 Å². The molecule has 1 saturated carbocycles. The average Bonchev–Trinajstić information content (AvgIpc) is 2.32. The molecule has 0 heterocycles. The average molecular weight is 254 g/mol. The Balaban J connectivity index is 2.97. The van der Waals surface area contributed by atoms with Crippen LogP contribution in [0.5, 0.6) is 0 Å². The molecule has 0 amide bonds. The summed E-state index contributed by atoms with van der Waals surface area (Å²) in [6, 6.07) is 0.641. The van der Waals surface area contributed by atoms with Gasteiger partial charge in [0, 0.05) is 18.1 Å². The Labute approximate surface area is 114 Å². The molecular formula is C16H34N2. The van der Waals surface area contributed by atoms with E-state index in [0.717, 1.165) is 13.1 Å². The monoisotopic (exact) mass is 254 g/mol. The van der Waals surface area contributed by atoms with Crippen molar-refractivity contribution in [3.8, 4) is 0 Å². The van der Waals surface area contributed by atoms with Crippen LogP contribution in [0, 0.1) is 11.3 Å². The van der Waals surface area contributed by atoms with Crippen molar-refractivity contribution in [2.45, 2.75) is 78.8 Å². The van der Waals surface area contributed by atoms with Crippen molar-refractivity contribution in [3.63, 3.8) is 0 Å². The number of hydrogen-bond acceptors (Lipinski definition) is 2. The van der Waals surface area contributed by atoms with E-state index in [1.165, 1.54) is 25.7 Å². The van der Waals surface area contributed by atoms with Crippen LogP contribution in [0.15, 0.2) is 0 Å². The SMILES string of the molecule is CCC(C)N(CC)C1(CN)CCC(C)(C)CC1C. The predicted molar refractivity (Wildman–Crippen MR) is 80.7 cm³/mol. The van der Waals surface area contributed by atoms with Gasteiger partial charge in [0.1, 0.15) is 0 Å².